The largest absolute Gasteiger partial charge is 0.271 e. The predicted octanol–water partition coefficient (Wildman–Crippen LogP) is 2.54. The lowest BCUT2D eigenvalue weighted by atomic mass is 9.83. The van der Waals surface area contributed by atoms with Gasteiger partial charge in [0, 0.05) is 6.04 Å². The predicted molar refractivity (Wildman–Crippen MR) is 67.7 cm³/mol. The van der Waals surface area contributed by atoms with Gasteiger partial charge in [-0.15, -0.1) is 0 Å². The van der Waals surface area contributed by atoms with Gasteiger partial charge in [-0.1, -0.05) is 25.7 Å². The van der Waals surface area contributed by atoms with Crippen LogP contribution in [0.5, 0.6) is 0 Å². The van der Waals surface area contributed by atoms with Crippen molar-refractivity contribution in [3.05, 3.63) is 0 Å². The number of thioether (sulfide) groups is 1. The molecule has 2 fully saturated rings. The van der Waals surface area contributed by atoms with E-state index in [2.05, 4.69) is 17.2 Å². The van der Waals surface area contributed by atoms with Gasteiger partial charge in [-0.2, -0.15) is 11.8 Å². The Morgan fingerprint density at radius 2 is 1.73 bits per heavy atom. The van der Waals surface area contributed by atoms with Crippen molar-refractivity contribution in [2.24, 2.45) is 17.7 Å². The lowest BCUT2D eigenvalue weighted by molar-refractivity contribution is 0.252. The van der Waals surface area contributed by atoms with Gasteiger partial charge < -0.3 is 0 Å². The van der Waals surface area contributed by atoms with Gasteiger partial charge in [0.05, 0.1) is 0 Å². The fraction of sp³-hybridized carbons (Fsp3) is 1.00. The molecule has 1 aliphatic heterocycles. The van der Waals surface area contributed by atoms with Crippen molar-refractivity contribution in [1.82, 2.24) is 5.43 Å². The normalized spacial score (nSPS) is 31.4. The first-order chi connectivity index (χ1) is 7.42. The fourth-order valence-electron chi connectivity index (χ4n) is 3.16. The Labute approximate surface area is 97.7 Å². The second-order valence-corrected chi connectivity index (χ2v) is 6.22. The molecule has 3 N–H and O–H groups in total. The summed E-state index contributed by atoms with van der Waals surface area (Å²) in [7, 11) is 0. The Bertz CT molecular complexity index is 172. The highest BCUT2D eigenvalue weighted by atomic mass is 32.2. The first-order valence-corrected chi connectivity index (χ1v) is 7.61. The zero-order valence-corrected chi connectivity index (χ0v) is 10.4. The highest BCUT2D eigenvalue weighted by Crippen LogP contribution is 2.34. The van der Waals surface area contributed by atoms with E-state index >= 15 is 0 Å². The third kappa shape index (κ3) is 3.11. The Kier molecular flexibility index (Phi) is 4.79. The summed E-state index contributed by atoms with van der Waals surface area (Å²) >= 11 is 2.10. The van der Waals surface area contributed by atoms with E-state index < -0.39 is 0 Å². The van der Waals surface area contributed by atoms with Crippen molar-refractivity contribution >= 4 is 11.8 Å². The van der Waals surface area contributed by atoms with Gasteiger partial charge in [-0.3, -0.25) is 11.3 Å². The zero-order chi connectivity index (χ0) is 10.5. The molecule has 3 heteroatoms. The average Bonchev–Trinajstić information content (AvgIpc) is 2.63. The quantitative estimate of drug-likeness (QED) is 0.443. The minimum Gasteiger partial charge on any atom is -0.271 e. The van der Waals surface area contributed by atoms with Crippen molar-refractivity contribution in [2.45, 2.75) is 51.0 Å². The molecule has 15 heavy (non-hydrogen) atoms. The van der Waals surface area contributed by atoms with Gasteiger partial charge in [0.15, 0.2) is 0 Å². The summed E-state index contributed by atoms with van der Waals surface area (Å²) in [6, 6.07) is 0.595. The van der Waals surface area contributed by atoms with Gasteiger partial charge in [-0.05, 0) is 42.6 Å². The van der Waals surface area contributed by atoms with Crippen LogP contribution in [0.2, 0.25) is 0 Å². The first-order valence-electron chi connectivity index (χ1n) is 6.45. The molecular weight excluding hydrogens is 204 g/mol. The average molecular weight is 228 g/mol. The lowest BCUT2D eigenvalue weighted by Gasteiger charge is -2.30. The first kappa shape index (κ1) is 11.7. The Balaban J connectivity index is 1.91. The number of hydrogen-bond donors (Lipinski definition) is 2. The number of hydrazine groups is 1. The zero-order valence-electron chi connectivity index (χ0n) is 9.58. The molecule has 1 aliphatic carbocycles. The van der Waals surface area contributed by atoms with Crippen LogP contribution < -0.4 is 11.3 Å². The molecule has 88 valence electrons. The summed E-state index contributed by atoms with van der Waals surface area (Å²) in [4.78, 5) is 0. The summed E-state index contributed by atoms with van der Waals surface area (Å²) in [6.45, 7) is 0. The Morgan fingerprint density at radius 1 is 1.00 bits per heavy atom. The maximum atomic E-state index is 5.78. The molecule has 2 atom stereocenters. The van der Waals surface area contributed by atoms with E-state index in [-0.39, 0.29) is 0 Å². The molecule has 1 heterocycles. The van der Waals surface area contributed by atoms with Crippen LogP contribution in [0.1, 0.15) is 44.9 Å². The second-order valence-electron chi connectivity index (χ2n) is 5.07. The van der Waals surface area contributed by atoms with Crippen LogP contribution in [0, 0.1) is 11.8 Å². The molecule has 0 aromatic carbocycles. The third-order valence-corrected chi connectivity index (χ3v) is 5.26. The van der Waals surface area contributed by atoms with Gasteiger partial charge in [-0.25, -0.2) is 0 Å². The molecule has 2 aliphatic rings. The molecule has 0 bridgehead atoms. The van der Waals surface area contributed by atoms with Crippen molar-refractivity contribution < 1.29 is 0 Å². The molecule has 2 unspecified atom stereocenters. The SMILES string of the molecule is NNC(C1CCCCCC1)C1CCSC1. The van der Waals surface area contributed by atoms with Gasteiger partial charge in [0.2, 0.25) is 0 Å². The van der Waals surface area contributed by atoms with Crippen LogP contribution in [-0.4, -0.2) is 17.5 Å². The molecule has 2 nitrogen and oxygen atoms in total. The summed E-state index contributed by atoms with van der Waals surface area (Å²) in [5.41, 5.74) is 3.13. The molecule has 0 aromatic heterocycles. The lowest BCUT2D eigenvalue weighted by Crippen LogP contribution is -2.46. The van der Waals surface area contributed by atoms with Crippen LogP contribution >= 0.6 is 11.8 Å². The fourth-order valence-corrected chi connectivity index (χ4v) is 4.48. The van der Waals surface area contributed by atoms with Gasteiger partial charge >= 0.3 is 0 Å². The Hall–Kier alpha value is 0.270. The number of rotatable bonds is 3. The van der Waals surface area contributed by atoms with E-state index in [1.165, 1.54) is 56.5 Å². The highest BCUT2D eigenvalue weighted by molar-refractivity contribution is 7.99. The van der Waals surface area contributed by atoms with E-state index in [9.17, 15) is 0 Å². The van der Waals surface area contributed by atoms with Gasteiger partial charge in [0.25, 0.3) is 0 Å². The van der Waals surface area contributed by atoms with Crippen LogP contribution in [0.3, 0.4) is 0 Å². The molecule has 1 saturated heterocycles. The van der Waals surface area contributed by atoms with Crippen LogP contribution in [-0.2, 0) is 0 Å². The summed E-state index contributed by atoms with van der Waals surface area (Å²) < 4.78 is 0. The summed E-state index contributed by atoms with van der Waals surface area (Å²) in [5.74, 6) is 10.1. The minimum atomic E-state index is 0.595. The topological polar surface area (TPSA) is 38.0 Å². The molecule has 1 saturated carbocycles. The van der Waals surface area contributed by atoms with Crippen LogP contribution in [0.4, 0.5) is 0 Å². The van der Waals surface area contributed by atoms with E-state index in [1.54, 1.807) is 0 Å². The van der Waals surface area contributed by atoms with Crippen molar-refractivity contribution in [1.29, 1.82) is 0 Å². The summed E-state index contributed by atoms with van der Waals surface area (Å²) in [6.07, 6.45) is 9.88. The highest BCUT2D eigenvalue weighted by Gasteiger charge is 2.31. The van der Waals surface area contributed by atoms with E-state index in [0.717, 1.165) is 11.8 Å². The minimum absolute atomic E-state index is 0.595. The maximum Gasteiger partial charge on any atom is 0.0275 e. The third-order valence-electron chi connectivity index (χ3n) is 4.07. The molecule has 0 radical (unpaired) electrons. The van der Waals surface area contributed by atoms with Crippen LogP contribution in [0.15, 0.2) is 0 Å². The van der Waals surface area contributed by atoms with Gasteiger partial charge in [0.1, 0.15) is 0 Å². The van der Waals surface area contributed by atoms with Crippen LogP contribution in [0.25, 0.3) is 0 Å². The number of nitrogens with one attached hydrogen (secondary N) is 1. The molecular formula is C12H24N2S. The number of hydrogen-bond acceptors (Lipinski definition) is 3. The van der Waals surface area contributed by atoms with E-state index in [4.69, 9.17) is 5.84 Å². The molecule has 0 aromatic rings. The smallest absolute Gasteiger partial charge is 0.0275 e. The monoisotopic (exact) mass is 228 g/mol. The van der Waals surface area contributed by atoms with Crippen molar-refractivity contribution in [3.8, 4) is 0 Å². The molecule has 0 spiro atoms. The standard InChI is InChI=1S/C12H24N2S/c13-14-12(11-7-8-15-9-11)10-5-3-1-2-4-6-10/h10-12,14H,1-9,13H2. The Morgan fingerprint density at radius 3 is 2.27 bits per heavy atom. The number of nitrogens with two attached hydrogens (primary N) is 1. The molecule has 0 amide bonds. The summed E-state index contributed by atoms with van der Waals surface area (Å²) in [5, 5.41) is 0. The molecule has 2 rings (SSSR count). The van der Waals surface area contributed by atoms with E-state index in [1.807, 2.05) is 0 Å². The van der Waals surface area contributed by atoms with E-state index in [0.29, 0.717) is 6.04 Å². The van der Waals surface area contributed by atoms with Crippen molar-refractivity contribution in [3.63, 3.8) is 0 Å². The second kappa shape index (κ2) is 6.12. The maximum absolute atomic E-state index is 5.78. The van der Waals surface area contributed by atoms with Crippen molar-refractivity contribution in [2.75, 3.05) is 11.5 Å².